The molecule has 0 aliphatic carbocycles. The molecule has 30 heavy (non-hydrogen) atoms. The third kappa shape index (κ3) is 8.46. The number of aromatic nitrogens is 2. The molecule has 0 amide bonds. The van der Waals surface area contributed by atoms with Crippen LogP contribution in [-0.2, 0) is 4.74 Å². The molecule has 0 fully saturated rings. The van der Waals surface area contributed by atoms with Gasteiger partial charge in [0.05, 0.1) is 11.7 Å². The highest BCUT2D eigenvalue weighted by atomic mass is 19.1. The van der Waals surface area contributed by atoms with Crippen molar-refractivity contribution >= 4 is 6.08 Å². The summed E-state index contributed by atoms with van der Waals surface area (Å²) >= 11 is 0. The topological polar surface area (TPSA) is 44.2 Å². The molecule has 2 aromatic rings. The van der Waals surface area contributed by atoms with Gasteiger partial charge < -0.3 is 9.47 Å². The number of hydrogen-bond donors (Lipinski definition) is 0. The molecule has 4 nitrogen and oxygen atoms in total. The Hall–Kier alpha value is -2.53. The van der Waals surface area contributed by atoms with Crippen molar-refractivity contribution in [2.45, 2.75) is 58.5 Å². The summed E-state index contributed by atoms with van der Waals surface area (Å²) in [5, 5.41) is 0. The fraction of sp³-hybridized carbons (Fsp3) is 0.440. The van der Waals surface area contributed by atoms with Crippen LogP contribution in [0.25, 0.3) is 17.5 Å². The molecule has 0 aliphatic heterocycles. The first-order chi connectivity index (χ1) is 14.6. The van der Waals surface area contributed by atoms with Crippen LogP contribution < -0.4 is 4.74 Å². The van der Waals surface area contributed by atoms with Gasteiger partial charge in [-0.2, -0.15) is 0 Å². The molecule has 162 valence electrons. The molecule has 0 saturated carbocycles. The van der Waals surface area contributed by atoms with Crippen molar-refractivity contribution in [1.29, 1.82) is 0 Å². The summed E-state index contributed by atoms with van der Waals surface area (Å²) in [6, 6.07) is 4.67. The molecule has 5 heteroatoms. The SMILES string of the molecule is C=CCOc1ccc(-c2ncc(C=CCCCC(C)OCCCCC)cn2)c(F)c1. The third-order valence-electron chi connectivity index (χ3n) is 4.66. The van der Waals surface area contributed by atoms with Crippen molar-refractivity contribution in [2.75, 3.05) is 13.2 Å². The monoisotopic (exact) mass is 412 g/mol. The first-order valence-electron chi connectivity index (χ1n) is 10.8. The minimum absolute atomic E-state index is 0.307. The van der Waals surface area contributed by atoms with Gasteiger partial charge in [-0.15, -0.1) is 0 Å². The van der Waals surface area contributed by atoms with E-state index in [-0.39, 0.29) is 0 Å². The predicted molar refractivity (Wildman–Crippen MR) is 121 cm³/mol. The Balaban J connectivity index is 1.78. The minimum Gasteiger partial charge on any atom is -0.489 e. The average molecular weight is 413 g/mol. The summed E-state index contributed by atoms with van der Waals surface area (Å²) < 4.78 is 25.5. The van der Waals surface area contributed by atoms with E-state index in [4.69, 9.17) is 9.47 Å². The van der Waals surface area contributed by atoms with Crippen LogP contribution in [0, 0.1) is 5.82 Å². The zero-order valence-electron chi connectivity index (χ0n) is 18.1. The molecule has 1 heterocycles. The molecule has 0 spiro atoms. The van der Waals surface area contributed by atoms with E-state index in [0.29, 0.717) is 29.8 Å². The summed E-state index contributed by atoms with van der Waals surface area (Å²) in [7, 11) is 0. The van der Waals surface area contributed by atoms with E-state index >= 15 is 0 Å². The molecule has 0 N–H and O–H groups in total. The number of unbranched alkanes of at least 4 members (excludes halogenated alkanes) is 3. The van der Waals surface area contributed by atoms with Crippen LogP contribution in [0.5, 0.6) is 5.75 Å². The Labute approximate surface area is 179 Å². The third-order valence-corrected chi connectivity index (χ3v) is 4.66. The molecule has 0 bridgehead atoms. The molecule has 0 saturated heterocycles. The highest BCUT2D eigenvalue weighted by Gasteiger charge is 2.09. The molecule has 1 aromatic heterocycles. The highest BCUT2D eigenvalue weighted by molar-refractivity contribution is 5.58. The Morgan fingerprint density at radius 1 is 1.17 bits per heavy atom. The number of allylic oxidation sites excluding steroid dienone is 1. The highest BCUT2D eigenvalue weighted by Crippen LogP contribution is 2.23. The smallest absolute Gasteiger partial charge is 0.162 e. The maximum Gasteiger partial charge on any atom is 0.162 e. The summed E-state index contributed by atoms with van der Waals surface area (Å²) in [5.74, 6) is 0.399. The lowest BCUT2D eigenvalue weighted by molar-refractivity contribution is 0.0566. The van der Waals surface area contributed by atoms with Gasteiger partial charge in [-0.05, 0) is 44.7 Å². The number of halogens is 1. The van der Waals surface area contributed by atoms with E-state index in [1.807, 2.05) is 6.08 Å². The van der Waals surface area contributed by atoms with Gasteiger partial charge in [0, 0.05) is 30.6 Å². The van der Waals surface area contributed by atoms with Crippen molar-refractivity contribution in [1.82, 2.24) is 9.97 Å². The van der Waals surface area contributed by atoms with Crippen LogP contribution in [0.3, 0.4) is 0 Å². The number of hydrogen-bond acceptors (Lipinski definition) is 4. The first kappa shape index (κ1) is 23.7. The van der Waals surface area contributed by atoms with Gasteiger partial charge in [-0.1, -0.05) is 44.6 Å². The Morgan fingerprint density at radius 2 is 1.97 bits per heavy atom. The standard InChI is InChI=1S/C25H33FN2O2/c1-4-6-10-16-29-20(3)11-8-7-9-12-21-18-27-25(28-19-21)23-14-13-22(17-24(23)26)30-15-5-2/h5,9,12-14,17-20H,2,4,6-8,10-11,15-16H2,1,3H3. The molecule has 0 radical (unpaired) electrons. The quantitative estimate of drug-likeness (QED) is 0.258. The molecule has 2 rings (SSSR count). The lowest BCUT2D eigenvalue weighted by Gasteiger charge is -2.11. The van der Waals surface area contributed by atoms with Crippen molar-refractivity contribution < 1.29 is 13.9 Å². The van der Waals surface area contributed by atoms with Gasteiger partial charge in [0.15, 0.2) is 5.82 Å². The maximum atomic E-state index is 14.3. The normalized spacial score (nSPS) is 12.2. The van der Waals surface area contributed by atoms with E-state index < -0.39 is 5.82 Å². The van der Waals surface area contributed by atoms with Gasteiger partial charge >= 0.3 is 0 Å². The van der Waals surface area contributed by atoms with Gasteiger partial charge in [0.2, 0.25) is 0 Å². The second kappa shape index (κ2) is 13.6. The van der Waals surface area contributed by atoms with E-state index in [2.05, 4.69) is 36.5 Å². The Kier molecular flexibility index (Phi) is 10.8. The van der Waals surface area contributed by atoms with Crippen LogP contribution in [-0.4, -0.2) is 29.3 Å². The number of ether oxygens (including phenoxy) is 2. The zero-order chi connectivity index (χ0) is 21.6. The van der Waals surface area contributed by atoms with Crippen LogP contribution in [0.15, 0.2) is 49.3 Å². The fourth-order valence-corrected chi connectivity index (χ4v) is 2.95. The van der Waals surface area contributed by atoms with Crippen molar-refractivity contribution in [2.24, 2.45) is 0 Å². The van der Waals surface area contributed by atoms with Gasteiger partial charge in [0.1, 0.15) is 18.2 Å². The van der Waals surface area contributed by atoms with E-state index in [0.717, 1.165) is 37.9 Å². The number of rotatable bonds is 14. The average Bonchev–Trinajstić information content (AvgIpc) is 2.76. The fourth-order valence-electron chi connectivity index (χ4n) is 2.95. The minimum atomic E-state index is -0.411. The Bertz CT molecular complexity index is 790. The number of benzene rings is 1. The second-order valence-electron chi connectivity index (χ2n) is 7.30. The Morgan fingerprint density at radius 3 is 2.67 bits per heavy atom. The summed E-state index contributed by atoms with van der Waals surface area (Å²) in [4.78, 5) is 8.60. The molecule has 1 atom stereocenters. The van der Waals surface area contributed by atoms with E-state index in [1.165, 1.54) is 18.9 Å². The van der Waals surface area contributed by atoms with Crippen molar-refractivity contribution in [3.8, 4) is 17.1 Å². The zero-order valence-corrected chi connectivity index (χ0v) is 18.1. The summed E-state index contributed by atoms with van der Waals surface area (Å²) in [6.45, 7) is 9.11. The lowest BCUT2D eigenvalue weighted by atomic mass is 10.1. The molecule has 0 aliphatic rings. The summed E-state index contributed by atoms with van der Waals surface area (Å²) in [5.41, 5.74) is 1.25. The van der Waals surface area contributed by atoms with E-state index in [9.17, 15) is 4.39 Å². The van der Waals surface area contributed by atoms with Crippen LogP contribution >= 0.6 is 0 Å². The van der Waals surface area contributed by atoms with Crippen LogP contribution in [0.4, 0.5) is 4.39 Å². The second-order valence-corrected chi connectivity index (χ2v) is 7.30. The lowest BCUT2D eigenvalue weighted by Crippen LogP contribution is -2.08. The van der Waals surface area contributed by atoms with Gasteiger partial charge in [-0.3, -0.25) is 0 Å². The van der Waals surface area contributed by atoms with Crippen molar-refractivity contribution in [3.05, 3.63) is 60.7 Å². The molecular weight excluding hydrogens is 379 g/mol. The molecule has 1 aromatic carbocycles. The predicted octanol–water partition coefficient (Wildman–Crippen LogP) is 6.63. The van der Waals surface area contributed by atoms with Crippen LogP contribution in [0.1, 0.15) is 57.9 Å². The maximum absolute atomic E-state index is 14.3. The number of nitrogens with zero attached hydrogens (tertiary/aromatic N) is 2. The van der Waals surface area contributed by atoms with Gasteiger partial charge in [-0.25, -0.2) is 14.4 Å². The van der Waals surface area contributed by atoms with Crippen molar-refractivity contribution in [3.63, 3.8) is 0 Å². The molecule has 1 unspecified atom stereocenters. The van der Waals surface area contributed by atoms with Crippen LogP contribution in [0.2, 0.25) is 0 Å². The van der Waals surface area contributed by atoms with Gasteiger partial charge in [0.25, 0.3) is 0 Å². The molecular formula is C25H33FN2O2. The van der Waals surface area contributed by atoms with E-state index in [1.54, 1.807) is 30.6 Å². The summed E-state index contributed by atoms with van der Waals surface area (Å²) in [6.07, 6.45) is 16.2. The largest absolute Gasteiger partial charge is 0.489 e. The first-order valence-corrected chi connectivity index (χ1v) is 10.8.